The van der Waals surface area contributed by atoms with E-state index in [1.807, 2.05) is 40.8 Å². The summed E-state index contributed by atoms with van der Waals surface area (Å²) in [6.07, 6.45) is 1.75. The molecule has 7 nitrogen and oxygen atoms in total. The maximum Gasteiger partial charge on any atom is 0.274 e. The molecule has 124 valence electrons. The van der Waals surface area contributed by atoms with Crippen LogP contribution in [0.2, 0.25) is 0 Å². The summed E-state index contributed by atoms with van der Waals surface area (Å²) in [4.78, 5) is 14.7. The molecule has 0 radical (unpaired) electrons. The molecule has 1 aliphatic heterocycles. The van der Waals surface area contributed by atoms with E-state index in [0.29, 0.717) is 29.5 Å². The first-order valence-corrected chi connectivity index (χ1v) is 8.39. The number of rotatable bonds is 2. The molecule has 1 aromatic carbocycles. The number of hydrogen-bond acceptors (Lipinski definition) is 4. The second kappa shape index (κ2) is 5.86. The second-order valence-electron chi connectivity index (χ2n) is 6.13. The predicted molar refractivity (Wildman–Crippen MR) is 92.4 cm³/mol. The largest absolute Gasteiger partial charge is 0.337 e. The van der Waals surface area contributed by atoms with Crippen LogP contribution in [0.1, 0.15) is 35.1 Å². The zero-order chi connectivity index (χ0) is 16.7. The molecule has 0 spiro atoms. The van der Waals surface area contributed by atoms with Crippen molar-refractivity contribution in [2.45, 2.75) is 18.8 Å². The van der Waals surface area contributed by atoms with E-state index in [1.54, 1.807) is 0 Å². The fourth-order valence-corrected chi connectivity index (χ4v) is 3.48. The fourth-order valence-electron chi connectivity index (χ4n) is 3.34. The van der Waals surface area contributed by atoms with Crippen LogP contribution in [0.15, 0.2) is 24.3 Å². The van der Waals surface area contributed by atoms with Gasteiger partial charge in [-0.3, -0.25) is 15.0 Å². The van der Waals surface area contributed by atoms with Crippen molar-refractivity contribution < 1.29 is 4.79 Å². The third-order valence-electron chi connectivity index (χ3n) is 4.73. The Kier molecular flexibility index (Phi) is 3.68. The van der Waals surface area contributed by atoms with Gasteiger partial charge in [-0.25, -0.2) is 0 Å². The number of aromatic amines is 2. The summed E-state index contributed by atoms with van der Waals surface area (Å²) in [7, 11) is 1.93. The Labute approximate surface area is 143 Å². The lowest BCUT2D eigenvalue weighted by atomic mass is 9.95. The minimum Gasteiger partial charge on any atom is -0.337 e. The highest BCUT2D eigenvalue weighted by atomic mass is 32.1. The number of carbonyl (C=O) groups excluding carboxylic acids is 1. The van der Waals surface area contributed by atoms with Crippen LogP contribution in [-0.4, -0.2) is 48.9 Å². The summed E-state index contributed by atoms with van der Waals surface area (Å²) >= 11 is 5.18. The monoisotopic (exact) mass is 342 g/mol. The van der Waals surface area contributed by atoms with Gasteiger partial charge in [-0.2, -0.15) is 10.2 Å². The molecule has 2 N–H and O–H groups in total. The van der Waals surface area contributed by atoms with Crippen molar-refractivity contribution in [2.75, 3.05) is 13.1 Å². The lowest BCUT2D eigenvalue weighted by Crippen LogP contribution is -2.38. The van der Waals surface area contributed by atoms with Gasteiger partial charge in [0.1, 0.15) is 5.82 Å². The maximum atomic E-state index is 12.8. The van der Waals surface area contributed by atoms with E-state index in [1.165, 1.54) is 0 Å². The second-order valence-corrected chi connectivity index (χ2v) is 6.52. The van der Waals surface area contributed by atoms with Crippen LogP contribution in [0.3, 0.4) is 0 Å². The fraction of sp³-hybridized carbons (Fsp3) is 0.375. The van der Waals surface area contributed by atoms with Crippen LogP contribution >= 0.6 is 12.2 Å². The van der Waals surface area contributed by atoms with E-state index in [9.17, 15) is 4.79 Å². The summed E-state index contributed by atoms with van der Waals surface area (Å²) in [5.41, 5.74) is 1.39. The number of likely N-dealkylation sites (tertiary alicyclic amines) is 1. The van der Waals surface area contributed by atoms with Gasteiger partial charge in [0.2, 0.25) is 0 Å². The van der Waals surface area contributed by atoms with Crippen LogP contribution in [0.5, 0.6) is 0 Å². The summed E-state index contributed by atoms with van der Waals surface area (Å²) in [5, 5.41) is 15.2. The number of carbonyl (C=O) groups is 1. The minimum absolute atomic E-state index is 0.0127. The molecule has 8 heteroatoms. The van der Waals surface area contributed by atoms with Crippen molar-refractivity contribution in [3.8, 4) is 0 Å². The topological polar surface area (TPSA) is 82.6 Å². The lowest BCUT2D eigenvalue weighted by molar-refractivity contribution is 0.0706. The van der Waals surface area contributed by atoms with Crippen molar-refractivity contribution >= 4 is 29.0 Å². The van der Waals surface area contributed by atoms with Gasteiger partial charge < -0.3 is 9.47 Å². The van der Waals surface area contributed by atoms with Gasteiger partial charge in [0.25, 0.3) is 5.91 Å². The molecule has 1 aliphatic rings. The smallest absolute Gasteiger partial charge is 0.274 e. The standard InChI is InChI=1S/C16H18N6OS/c1-21-14(19-20-16(21)24)10-6-8-22(9-7-10)15(23)13-11-4-2-3-5-12(11)17-18-13/h2-5,10H,6-9H2,1H3,(H,17,18)(H,20,24). The molecular weight excluding hydrogens is 324 g/mol. The molecule has 0 saturated carbocycles. The highest BCUT2D eigenvalue weighted by Gasteiger charge is 2.28. The first-order chi connectivity index (χ1) is 11.6. The zero-order valence-electron chi connectivity index (χ0n) is 13.3. The Morgan fingerprint density at radius 2 is 1.96 bits per heavy atom. The maximum absolute atomic E-state index is 12.8. The van der Waals surface area contributed by atoms with Gasteiger partial charge in [0.15, 0.2) is 10.5 Å². The molecule has 24 heavy (non-hydrogen) atoms. The van der Waals surface area contributed by atoms with Gasteiger partial charge in [0, 0.05) is 31.4 Å². The third kappa shape index (κ3) is 2.43. The summed E-state index contributed by atoms with van der Waals surface area (Å²) in [5.74, 6) is 1.28. The summed E-state index contributed by atoms with van der Waals surface area (Å²) < 4.78 is 2.55. The van der Waals surface area contributed by atoms with Crippen LogP contribution in [0, 0.1) is 4.77 Å². The SMILES string of the molecule is Cn1c(C2CCN(C(=O)c3n[nH]c4ccccc34)CC2)n[nH]c1=S. The van der Waals surface area contributed by atoms with E-state index in [0.717, 1.165) is 29.6 Å². The summed E-state index contributed by atoms with van der Waals surface area (Å²) in [6.45, 7) is 1.40. The quantitative estimate of drug-likeness (QED) is 0.701. The van der Waals surface area contributed by atoms with Crippen molar-refractivity contribution in [1.82, 2.24) is 29.9 Å². The Morgan fingerprint density at radius 1 is 1.21 bits per heavy atom. The van der Waals surface area contributed by atoms with Crippen molar-refractivity contribution in [1.29, 1.82) is 0 Å². The number of H-pyrrole nitrogens is 2. The highest BCUT2D eigenvalue weighted by molar-refractivity contribution is 7.71. The van der Waals surface area contributed by atoms with E-state index in [-0.39, 0.29) is 5.91 Å². The number of piperidine rings is 1. The third-order valence-corrected chi connectivity index (χ3v) is 5.10. The number of fused-ring (bicyclic) bond motifs is 1. The number of aromatic nitrogens is 5. The Morgan fingerprint density at radius 3 is 2.67 bits per heavy atom. The Balaban J connectivity index is 1.50. The minimum atomic E-state index is -0.0127. The van der Waals surface area contributed by atoms with Gasteiger partial charge in [0.05, 0.1) is 5.52 Å². The number of nitrogens with one attached hydrogen (secondary N) is 2. The number of amides is 1. The van der Waals surface area contributed by atoms with Crippen molar-refractivity contribution in [3.63, 3.8) is 0 Å². The van der Waals surface area contributed by atoms with Crippen LogP contribution in [0.4, 0.5) is 0 Å². The Bertz CT molecular complexity index is 947. The molecule has 3 heterocycles. The van der Waals surface area contributed by atoms with E-state index < -0.39 is 0 Å². The normalized spacial score (nSPS) is 16.0. The molecule has 0 atom stereocenters. The molecule has 1 fully saturated rings. The zero-order valence-corrected chi connectivity index (χ0v) is 14.1. The number of benzene rings is 1. The van der Waals surface area contributed by atoms with Gasteiger partial charge in [-0.1, -0.05) is 18.2 Å². The van der Waals surface area contributed by atoms with Crippen LogP contribution < -0.4 is 0 Å². The van der Waals surface area contributed by atoms with E-state index >= 15 is 0 Å². The Hall–Kier alpha value is -2.48. The van der Waals surface area contributed by atoms with Crippen LogP contribution in [0.25, 0.3) is 10.9 Å². The predicted octanol–water partition coefficient (Wildman–Crippen LogP) is 2.37. The number of nitrogens with zero attached hydrogens (tertiary/aromatic N) is 4. The molecule has 3 aromatic rings. The first-order valence-electron chi connectivity index (χ1n) is 7.99. The molecule has 0 aliphatic carbocycles. The van der Waals surface area contributed by atoms with Gasteiger partial charge in [-0.15, -0.1) is 0 Å². The van der Waals surface area contributed by atoms with Crippen molar-refractivity contribution in [3.05, 3.63) is 40.6 Å². The molecule has 2 aromatic heterocycles. The van der Waals surface area contributed by atoms with Gasteiger partial charge in [-0.05, 0) is 31.1 Å². The van der Waals surface area contributed by atoms with E-state index in [4.69, 9.17) is 12.2 Å². The van der Waals surface area contributed by atoms with Crippen LogP contribution in [-0.2, 0) is 7.05 Å². The molecular formula is C16H18N6OS. The molecule has 0 bridgehead atoms. The first kappa shape index (κ1) is 15.1. The average Bonchev–Trinajstić information content (AvgIpc) is 3.19. The average molecular weight is 342 g/mol. The van der Waals surface area contributed by atoms with Gasteiger partial charge >= 0.3 is 0 Å². The highest BCUT2D eigenvalue weighted by Crippen LogP contribution is 2.27. The number of para-hydroxylation sites is 1. The molecule has 1 amide bonds. The molecule has 4 rings (SSSR count). The lowest BCUT2D eigenvalue weighted by Gasteiger charge is -2.31. The van der Waals surface area contributed by atoms with Crippen molar-refractivity contribution in [2.24, 2.45) is 7.05 Å². The molecule has 0 unspecified atom stereocenters. The number of hydrogen-bond donors (Lipinski definition) is 2. The summed E-state index contributed by atoms with van der Waals surface area (Å²) in [6, 6.07) is 7.70. The van der Waals surface area contributed by atoms with E-state index in [2.05, 4.69) is 20.4 Å². The molecule has 1 saturated heterocycles.